The molecule has 1 saturated heterocycles. The van der Waals surface area contributed by atoms with Gasteiger partial charge in [0.25, 0.3) is 5.56 Å². The van der Waals surface area contributed by atoms with Crippen molar-refractivity contribution >= 4 is 11.2 Å². The van der Waals surface area contributed by atoms with Gasteiger partial charge in [-0.1, -0.05) is 0 Å². The van der Waals surface area contributed by atoms with Crippen LogP contribution in [0.2, 0.25) is 0 Å². The second-order valence-electron chi connectivity index (χ2n) is 5.15. The molecule has 1 unspecified atom stereocenters. The lowest BCUT2D eigenvalue weighted by molar-refractivity contribution is -0.252. The van der Waals surface area contributed by atoms with Gasteiger partial charge < -0.3 is 25.2 Å². The van der Waals surface area contributed by atoms with Crippen molar-refractivity contribution in [1.29, 1.82) is 0 Å². The minimum atomic E-state index is -1.81. The van der Waals surface area contributed by atoms with E-state index in [0.717, 1.165) is 0 Å². The molecule has 1 aliphatic rings. The lowest BCUT2D eigenvalue weighted by Gasteiger charge is -2.39. The van der Waals surface area contributed by atoms with Crippen molar-refractivity contribution in [3.63, 3.8) is 0 Å². The summed E-state index contributed by atoms with van der Waals surface area (Å²) in [7, 11) is 0. The number of H-pyrrole nitrogens is 3. The standard InChI is InChI=1S/C11H14N4O8/c16-1-2-4(17)5(18)6(19)9(23-2)15-8(20)3-7(14-11(15)22)13-10(21)12-3/h2,4-6,9,16-19H,1H2,(H,14,22)(H2,12,13,21)/t2-,4-,5+,6-,9?/m1/s1. The number of nitrogens with one attached hydrogen (secondary N) is 3. The van der Waals surface area contributed by atoms with Crippen LogP contribution in [-0.2, 0) is 4.74 Å². The molecule has 0 aliphatic carbocycles. The molecule has 1 aliphatic heterocycles. The summed E-state index contributed by atoms with van der Waals surface area (Å²) in [6.45, 7) is -0.711. The molecule has 3 rings (SSSR count). The van der Waals surface area contributed by atoms with E-state index < -0.39 is 54.2 Å². The Morgan fingerprint density at radius 1 is 1.00 bits per heavy atom. The summed E-state index contributed by atoms with van der Waals surface area (Å²) in [6.07, 6.45) is -8.14. The van der Waals surface area contributed by atoms with Crippen molar-refractivity contribution in [2.24, 2.45) is 0 Å². The number of hydrogen-bond acceptors (Lipinski definition) is 8. The van der Waals surface area contributed by atoms with Crippen molar-refractivity contribution in [2.75, 3.05) is 6.61 Å². The Hall–Kier alpha value is -2.25. The summed E-state index contributed by atoms with van der Waals surface area (Å²) in [6, 6.07) is 0. The number of aromatic nitrogens is 4. The van der Waals surface area contributed by atoms with Gasteiger partial charge in [0, 0.05) is 0 Å². The number of hydrogen-bond donors (Lipinski definition) is 7. The molecule has 1 fully saturated rings. The third-order valence-electron chi connectivity index (χ3n) is 3.73. The van der Waals surface area contributed by atoms with E-state index in [0.29, 0.717) is 4.57 Å². The molecule has 0 aromatic carbocycles. The monoisotopic (exact) mass is 330 g/mol. The van der Waals surface area contributed by atoms with Crippen LogP contribution in [0.15, 0.2) is 14.4 Å². The fourth-order valence-corrected chi connectivity index (χ4v) is 2.54. The van der Waals surface area contributed by atoms with Crippen molar-refractivity contribution in [3.05, 3.63) is 31.3 Å². The summed E-state index contributed by atoms with van der Waals surface area (Å²) >= 11 is 0. The van der Waals surface area contributed by atoms with Gasteiger partial charge in [0.05, 0.1) is 6.61 Å². The Bertz CT molecular complexity index is 892. The molecule has 3 heterocycles. The Morgan fingerprint density at radius 3 is 2.35 bits per heavy atom. The third kappa shape index (κ3) is 2.32. The van der Waals surface area contributed by atoms with Crippen LogP contribution in [0.4, 0.5) is 0 Å². The van der Waals surface area contributed by atoms with E-state index in [1.807, 2.05) is 0 Å². The van der Waals surface area contributed by atoms with Gasteiger partial charge in [-0.2, -0.15) is 0 Å². The number of rotatable bonds is 2. The second-order valence-corrected chi connectivity index (χ2v) is 5.15. The molecule has 0 radical (unpaired) electrons. The lowest BCUT2D eigenvalue weighted by atomic mass is 9.98. The molecule has 23 heavy (non-hydrogen) atoms. The van der Waals surface area contributed by atoms with E-state index in [1.165, 1.54) is 0 Å². The maximum atomic E-state index is 12.3. The molecule has 7 N–H and O–H groups in total. The van der Waals surface area contributed by atoms with Gasteiger partial charge in [-0.15, -0.1) is 0 Å². The normalized spacial score (nSPS) is 31.6. The van der Waals surface area contributed by atoms with Crippen molar-refractivity contribution in [2.45, 2.75) is 30.6 Å². The fourth-order valence-electron chi connectivity index (χ4n) is 2.54. The Balaban J connectivity index is 2.17. The number of aliphatic hydroxyl groups excluding tert-OH is 4. The Kier molecular flexibility index (Phi) is 3.69. The van der Waals surface area contributed by atoms with E-state index in [1.54, 1.807) is 0 Å². The van der Waals surface area contributed by atoms with Gasteiger partial charge in [-0.05, 0) is 0 Å². The Morgan fingerprint density at radius 2 is 1.70 bits per heavy atom. The van der Waals surface area contributed by atoms with Crippen LogP contribution in [0.1, 0.15) is 6.23 Å². The zero-order valence-electron chi connectivity index (χ0n) is 11.5. The van der Waals surface area contributed by atoms with Crippen LogP contribution in [0, 0.1) is 0 Å². The van der Waals surface area contributed by atoms with Gasteiger partial charge in [0.1, 0.15) is 30.1 Å². The zero-order valence-corrected chi connectivity index (χ0v) is 11.5. The molecule has 12 nitrogen and oxygen atoms in total. The first-order valence-corrected chi connectivity index (χ1v) is 6.62. The smallest absolute Gasteiger partial charge is 0.332 e. The zero-order chi connectivity index (χ0) is 16.9. The van der Waals surface area contributed by atoms with Crippen LogP contribution >= 0.6 is 0 Å². The highest BCUT2D eigenvalue weighted by Gasteiger charge is 2.45. The summed E-state index contributed by atoms with van der Waals surface area (Å²) in [5.41, 5.74) is -3.11. The maximum Gasteiger partial charge on any atom is 0.332 e. The average molecular weight is 330 g/mol. The minimum Gasteiger partial charge on any atom is -0.394 e. The SMILES string of the molecule is O=c1[nH]c2[nH]c(=O)n(C3O[C@H](CO)[C@@H](O)[C@H](O)[C@H]3O)c(=O)c2[nH]1. The molecule has 0 amide bonds. The Labute approximate surface area is 125 Å². The number of fused-ring (bicyclic) bond motifs is 1. The van der Waals surface area contributed by atoms with E-state index in [4.69, 9.17) is 9.84 Å². The molecule has 126 valence electrons. The average Bonchev–Trinajstić information content (AvgIpc) is 2.87. The quantitative estimate of drug-likeness (QED) is 0.287. The molecule has 0 bridgehead atoms. The van der Waals surface area contributed by atoms with Crippen molar-refractivity contribution in [3.8, 4) is 0 Å². The minimum absolute atomic E-state index is 0.133. The first-order chi connectivity index (χ1) is 10.8. The van der Waals surface area contributed by atoms with Crippen LogP contribution in [0.25, 0.3) is 11.2 Å². The highest BCUT2D eigenvalue weighted by Crippen LogP contribution is 2.26. The molecular weight excluding hydrogens is 316 g/mol. The largest absolute Gasteiger partial charge is 0.394 e. The first-order valence-electron chi connectivity index (χ1n) is 6.62. The van der Waals surface area contributed by atoms with Gasteiger partial charge in [0.15, 0.2) is 11.7 Å². The topological polar surface area (TPSA) is 194 Å². The molecule has 2 aromatic heterocycles. The molecule has 0 spiro atoms. The van der Waals surface area contributed by atoms with Crippen molar-refractivity contribution in [1.82, 2.24) is 19.5 Å². The summed E-state index contributed by atoms with van der Waals surface area (Å²) in [4.78, 5) is 42.2. The van der Waals surface area contributed by atoms with Crippen LogP contribution < -0.4 is 16.9 Å². The summed E-state index contributed by atoms with van der Waals surface area (Å²) in [5.74, 6) is 0. The third-order valence-corrected chi connectivity index (χ3v) is 3.73. The lowest BCUT2D eigenvalue weighted by Crippen LogP contribution is -2.59. The first kappa shape index (κ1) is 15.6. The molecule has 0 saturated carbocycles. The van der Waals surface area contributed by atoms with Gasteiger partial charge in [0.2, 0.25) is 0 Å². The summed E-state index contributed by atoms with van der Waals surface area (Å²) < 4.78 is 5.62. The van der Waals surface area contributed by atoms with Gasteiger partial charge in [-0.3, -0.25) is 19.7 Å². The predicted octanol–water partition coefficient (Wildman–Crippen LogP) is -4.32. The van der Waals surface area contributed by atoms with Crippen molar-refractivity contribution < 1.29 is 25.2 Å². The molecule has 12 heteroatoms. The number of imidazole rings is 1. The predicted molar refractivity (Wildman–Crippen MR) is 72.8 cm³/mol. The van der Waals surface area contributed by atoms with Crippen LogP contribution in [0.3, 0.4) is 0 Å². The number of aliphatic hydroxyl groups is 4. The highest BCUT2D eigenvalue weighted by molar-refractivity contribution is 5.67. The van der Waals surface area contributed by atoms with Crippen LogP contribution in [-0.4, -0.2) is 71.0 Å². The van der Waals surface area contributed by atoms with E-state index in [-0.39, 0.29) is 11.2 Å². The van der Waals surface area contributed by atoms with Gasteiger partial charge >= 0.3 is 11.4 Å². The van der Waals surface area contributed by atoms with E-state index in [2.05, 4.69) is 15.0 Å². The number of ether oxygens (including phenoxy) is 1. The number of aromatic amines is 3. The van der Waals surface area contributed by atoms with E-state index >= 15 is 0 Å². The number of nitrogens with zero attached hydrogens (tertiary/aromatic N) is 1. The maximum absolute atomic E-state index is 12.3. The second kappa shape index (κ2) is 5.43. The van der Waals surface area contributed by atoms with Crippen LogP contribution in [0.5, 0.6) is 0 Å². The molecule has 2 aromatic rings. The van der Waals surface area contributed by atoms with E-state index in [9.17, 15) is 29.7 Å². The molecule has 5 atom stereocenters. The highest BCUT2D eigenvalue weighted by atomic mass is 16.6. The summed E-state index contributed by atoms with van der Waals surface area (Å²) in [5, 5.41) is 38.6. The fraction of sp³-hybridized carbons (Fsp3) is 0.545. The van der Waals surface area contributed by atoms with Gasteiger partial charge in [-0.25, -0.2) is 14.2 Å². The molecular formula is C11H14N4O8.